The van der Waals surface area contributed by atoms with E-state index in [-0.39, 0.29) is 6.61 Å². The molecule has 2 aromatic rings. The van der Waals surface area contributed by atoms with Gasteiger partial charge in [0, 0.05) is 31.5 Å². The number of hydrogen-bond donors (Lipinski definition) is 2. The normalized spacial score (nSPS) is 10.8. The minimum Gasteiger partial charge on any atom is -0.396 e. The lowest BCUT2D eigenvalue weighted by Crippen LogP contribution is -2.02. The maximum Gasteiger partial charge on any atom is 0.131 e. The highest BCUT2D eigenvalue weighted by Gasteiger charge is 2.12. The van der Waals surface area contributed by atoms with Crippen LogP contribution in [0.1, 0.15) is 23.7 Å². The second-order valence-electron chi connectivity index (χ2n) is 4.72. The third-order valence-electron chi connectivity index (χ3n) is 3.31. The molecule has 0 radical (unpaired) electrons. The van der Waals surface area contributed by atoms with E-state index < -0.39 is 0 Å². The fraction of sp³-hybridized carbons (Fsp3) is 0.400. The van der Waals surface area contributed by atoms with Crippen LogP contribution in [0.15, 0.2) is 24.3 Å². The van der Waals surface area contributed by atoms with Crippen LogP contribution in [0.3, 0.4) is 0 Å². The number of anilines is 1. The van der Waals surface area contributed by atoms with E-state index in [1.54, 1.807) is 4.68 Å². The molecule has 0 saturated heterocycles. The topological polar surface area (TPSA) is 50.1 Å². The number of nitrogens with zero attached hydrogens (tertiary/aromatic N) is 2. The molecule has 1 aromatic carbocycles. The number of aromatic nitrogens is 2. The number of aliphatic hydroxyl groups is 1. The predicted molar refractivity (Wildman–Crippen MR) is 82.2 cm³/mol. The predicted octanol–water partition coefficient (Wildman–Crippen LogP) is 2.78. The van der Waals surface area contributed by atoms with Crippen molar-refractivity contribution in [2.45, 2.75) is 26.3 Å². The van der Waals surface area contributed by atoms with E-state index in [0.29, 0.717) is 18.1 Å². The Balaban J connectivity index is 2.05. The van der Waals surface area contributed by atoms with Gasteiger partial charge in [-0.05, 0) is 30.5 Å². The molecule has 0 aliphatic heterocycles. The zero-order chi connectivity index (χ0) is 14.5. The largest absolute Gasteiger partial charge is 0.396 e. The van der Waals surface area contributed by atoms with Crippen LogP contribution in [0.2, 0.25) is 5.15 Å². The average Bonchev–Trinajstić information content (AvgIpc) is 2.74. The van der Waals surface area contributed by atoms with Gasteiger partial charge in [-0.2, -0.15) is 5.10 Å². The quantitative estimate of drug-likeness (QED) is 0.861. The van der Waals surface area contributed by atoms with Crippen LogP contribution in [-0.2, 0) is 26.4 Å². The molecule has 5 heteroatoms. The minimum atomic E-state index is 0.178. The lowest BCUT2D eigenvalue weighted by atomic mass is 10.1. The number of aryl methyl sites for hydroxylation is 2. The number of benzene rings is 1. The Bertz CT molecular complexity index is 563. The van der Waals surface area contributed by atoms with Crippen LogP contribution in [0.25, 0.3) is 0 Å². The van der Waals surface area contributed by atoms with Crippen molar-refractivity contribution in [2.75, 3.05) is 11.9 Å². The van der Waals surface area contributed by atoms with Gasteiger partial charge in [0.15, 0.2) is 0 Å². The Morgan fingerprint density at radius 2 is 2.00 bits per heavy atom. The SMILES string of the molecule is CCc1nn(C)c(Cl)c1CNc1ccc(CCO)cc1. The summed E-state index contributed by atoms with van der Waals surface area (Å²) in [4.78, 5) is 0. The van der Waals surface area contributed by atoms with Gasteiger partial charge in [0.2, 0.25) is 0 Å². The zero-order valence-corrected chi connectivity index (χ0v) is 12.6. The molecular formula is C15H20ClN3O. The third kappa shape index (κ3) is 3.32. The van der Waals surface area contributed by atoms with Crippen molar-refractivity contribution in [3.63, 3.8) is 0 Å². The Hall–Kier alpha value is -1.52. The van der Waals surface area contributed by atoms with E-state index in [1.165, 1.54) is 0 Å². The Morgan fingerprint density at radius 1 is 1.30 bits per heavy atom. The molecule has 0 fully saturated rings. The number of hydrogen-bond acceptors (Lipinski definition) is 3. The van der Waals surface area contributed by atoms with Crippen LogP contribution in [0.4, 0.5) is 5.69 Å². The van der Waals surface area contributed by atoms with Crippen molar-refractivity contribution in [2.24, 2.45) is 7.05 Å². The minimum absolute atomic E-state index is 0.178. The van der Waals surface area contributed by atoms with Gasteiger partial charge in [0.1, 0.15) is 5.15 Å². The lowest BCUT2D eigenvalue weighted by Gasteiger charge is -2.08. The van der Waals surface area contributed by atoms with Crippen LogP contribution in [0.5, 0.6) is 0 Å². The van der Waals surface area contributed by atoms with Crippen LogP contribution < -0.4 is 5.32 Å². The third-order valence-corrected chi connectivity index (χ3v) is 3.78. The average molecular weight is 294 g/mol. The van der Waals surface area contributed by atoms with Crippen LogP contribution >= 0.6 is 11.6 Å². The maximum atomic E-state index is 8.89. The van der Waals surface area contributed by atoms with E-state index in [4.69, 9.17) is 16.7 Å². The molecule has 0 spiro atoms. The molecule has 0 aliphatic rings. The summed E-state index contributed by atoms with van der Waals surface area (Å²) < 4.78 is 1.71. The van der Waals surface area contributed by atoms with Gasteiger partial charge in [-0.3, -0.25) is 4.68 Å². The van der Waals surface area contributed by atoms with Crippen molar-refractivity contribution < 1.29 is 5.11 Å². The van der Waals surface area contributed by atoms with E-state index >= 15 is 0 Å². The van der Waals surface area contributed by atoms with Gasteiger partial charge in [-0.1, -0.05) is 30.7 Å². The highest BCUT2D eigenvalue weighted by Crippen LogP contribution is 2.21. The first-order valence-electron chi connectivity index (χ1n) is 6.79. The molecule has 20 heavy (non-hydrogen) atoms. The van der Waals surface area contributed by atoms with Gasteiger partial charge in [0.25, 0.3) is 0 Å². The highest BCUT2D eigenvalue weighted by atomic mass is 35.5. The van der Waals surface area contributed by atoms with Crippen LogP contribution in [0, 0.1) is 0 Å². The summed E-state index contributed by atoms with van der Waals surface area (Å²) in [5.41, 5.74) is 4.25. The Labute approximate surface area is 124 Å². The van der Waals surface area contributed by atoms with Crippen LogP contribution in [-0.4, -0.2) is 21.5 Å². The highest BCUT2D eigenvalue weighted by molar-refractivity contribution is 6.30. The lowest BCUT2D eigenvalue weighted by molar-refractivity contribution is 0.299. The molecule has 0 unspecified atom stereocenters. The fourth-order valence-corrected chi connectivity index (χ4v) is 2.38. The molecule has 0 saturated carbocycles. The monoisotopic (exact) mass is 293 g/mol. The van der Waals surface area contributed by atoms with Crippen molar-refractivity contribution in [3.8, 4) is 0 Å². The summed E-state index contributed by atoms with van der Waals surface area (Å²) >= 11 is 6.26. The summed E-state index contributed by atoms with van der Waals surface area (Å²) in [5.74, 6) is 0. The molecule has 0 aliphatic carbocycles. The molecule has 1 aromatic heterocycles. The molecule has 4 nitrogen and oxygen atoms in total. The number of halogens is 1. The zero-order valence-electron chi connectivity index (χ0n) is 11.9. The molecule has 108 valence electrons. The first-order chi connectivity index (χ1) is 9.65. The molecule has 2 rings (SSSR count). The first-order valence-corrected chi connectivity index (χ1v) is 7.17. The van der Waals surface area contributed by atoms with E-state index in [0.717, 1.165) is 28.9 Å². The smallest absolute Gasteiger partial charge is 0.131 e. The first kappa shape index (κ1) is 14.9. The van der Waals surface area contributed by atoms with E-state index in [9.17, 15) is 0 Å². The second-order valence-corrected chi connectivity index (χ2v) is 5.08. The number of aliphatic hydroxyl groups excluding tert-OH is 1. The van der Waals surface area contributed by atoms with Gasteiger partial charge in [0.05, 0.1) is 5.69 Å². The molecular weight excluding hydrogens is 274 g/mol. The van der Waals surface area contributed by atoms with E-state index in [1.807, 2.05) is 31.3 Å². The Morgan fingerprint density at radius 3 is 2.60 bits per heavy atom. The van der Waals surface area contributed by atoms with Gasteiger partial charge in [-0.15, -0.1) is 0 Å². The maximum absolute atomic E-state index is 8.89. The van der Waals surface area contributed by atoms with E-state index in [2.05, 4.69) is 17.3 Å². The molecule has 0 atom stereocenters. The standard InChI is InChI=1S/C15H20ClN3O/c1-3-14-13(15(16)19(2)18-14)10-17-12-6-4-11(5-7-12)8-9-20/h4-7,17,20H,3,8-10H2,1-2H3. The van der Waals surface area contributed by atoms with Crippen molar-refractivity contribution in [1.82, 2.24) is 9.78 Å². The van der Waals surface area contributed by atoms with Crippen molar-refractivity contribution >= 4 is 17.3 Å². The fourth-order valence-electron chi connectivity index (χ4n) is 2.17. The van der Waals surface area contributed by atoms with Crippen molar-refractivity contribution in [3.05, 3.63) is 46.2 Å². The van der Waals surface area contributed by atoms with Gasteiger partial charge in [-0.25, -0.2) is 0 Å². The molecule has 1 heterocycles. The number of nitrogens with one attached hydrogen (secondary N) is 1. The van der Waals surface area contributed by atoms with Gasteiger partial charge >= 0.3 is 0 Å². The molecule has 2 N–H and O–H groups in total. The summed E-state index contributed by atoms with van der Waals surface area (Å²) in [5, 5.41) is 17.3. The van der Waals surface area contributed by atoms with Gasteiger partial charge < -0.3 is 10.4 Å². The number of rotatable bonds is 6. The summed E-state index contributed by atoms with van der Waals surface area (Å²) in [6.45, 7) is 2.92. The van der Waals surface area contributed by atoms with Crippen molar-refractivity contribution in [1.29, 1.82) is 0 Å². The second kappa shape index (κ2) is 6.77. The summed E-state index contributed by atoms with van der Waals surface area (Å²) in [6.07, 6.45) is 1.56. The Kier molecular flexibility index (Phi) is 5.04. The summed E-state index contributed by atoms with van der Waals surface area (Å²) in [6, 6.07) is 8.07. The summed E-state index contributed by atoms with van der Waals surface area (Å²) in [7, 11) is 1.86. The molecule has 0 bridgehead atoms. The molecule has 0 amide bonds.